The average Bonchev–Trinajstić information content (AvgIpc) is 2.37. The Morgan fingerprint density at radius 2 is 2.22 bits per heavy atom. The van der Waals surface area contributed by atoms with E-state index in [0.717, 1.165) is 15.7 Å². The highest BCUT2D eigenvalue weighted by Gasteiger charge is 2.09. The topological polar surface area (TPSA) is 37.8 Å². The van der Waals surface area contributed by atoms with Crippen molar-refractivity contribution in [2.75, 3.05) is 0 Å². The van der Waals surface area contributed by atoms with Crippen LogP contribution in [0.25, 0.3) is 0 Å². The summed E-state index contributed by atoms with van der Waals surface area (Å²) in [5.74, 6) is -0.244. The molecule has 0 spiro atoms. The van der Waals surface area contributed by atoms with Gasteiger partial charge in [0.25, 0.3) is 0 Å². The number of rotatable bonds is 4. The quantitative estimate of drug-likeness (QED) is 0.942. The molecule has 0 saturated heterocycles. The van der Waals surface area contributed by atoms with E-state index in [1.165, 1.54) is 12.1 Å². The molecule has 2 aromatic rings. The van der Waals surface area contributed by atoms with Crippen molar-refractivity contribution in [1.82, 2.24) is 15.5 Å². The second-order valence-electron chi connectivity index (χ2n) is 3.98. The first-order valence-corrected chi connectivity index (χ1v) is 6.41. The van der Waals surface area contributed by atoms with Gasteiger partial charge in [0.1, 0.15) is 5.82 Å². The molecule has 1 aromatic heterocycles. The molecule has 1 aromatic carbocycles. The van der Waals surface area contributed by atoms with Gasteiger partial charge in [-0.3, -0.25) is 0 Å². The minimum Gasteiger partial charge on any atom is -0.304 e. The first-order valence-electron chi connectivity index (χ1n) is 5.61. The predicted molar refractivity (Wildman–Crippen MR) is 71.4 cm³/mol. The molecule has 0 fully saturated rings. The van der Waals surface area contributed by atoms with Gasteiger partial charge in [0.2, 0.25) is 0 Å². The van der Waals surface area contributed by atoms with Gasteiger partial charge in [-0.25, -0.2) is 4.39 Å². The maximum Gasteiger partial charge on any atom is 0.124 e. The van der Waals surface area contributed by atoms with Crippen molar-refractivity contribution in [3.05, 3.63) is 58.1 Å². The van der Waals surface area contributed by atoms with E-state index in [0.29, 0.717) is 6.54 Å². The maximum absolute atomic E-state index is 13.0. The third-order valence-electron chi connectivity index (χ3n) is 2.65. The molecule has 2 rings (SSSR count). The van der Waals surface area contributed by atoms with Gasteiger partial charge in [0.05, 0.1) is 5.69 Å². The summed E-state index contributed by atoms with van der Waals surface area (Å²) in [5.41, 5.74) is 1.89. The van der Waals surface area contributed by atoms with Gasteiger partial charge in [-0.05, 0) is 36.8 Å². The molecule has 1 unspecified atom stereocenters. The molecule has 0 aliphatic rings. The Kier molecular flexibility index (Phi) is 4.38. The van der Waals surface area contributed by atoms with Crippen molar-refractivity contribution < 1.29 is 4.39 Å². The van der Waals surface area contributed by atoms with Crippen LogP contribution in [-0.2, 0) is 6.54 Å². The molecule has 1 N–H and O–H groups in total. The summed E-state index contributed by atoms with van der Waals surface area (Å²) >= 11 is 3.37. The van der Waals surface area contributed by atoms with Crippen LogP contribution in [0.3, 0.4) is 0 Å². The molecular formula is C13H13BrFN3. The van der Waals surface area contributed by atoms with Gasteiger partial charge < -0.3 is 5.32 Å². The SMILES string of the molecule is CC(NCc1cccnn1)c1ccc(F)cc1Br. The van der Waals surface area contributed by atoms with Gasteiger partial charge in [0.15, 0.2) is 0 Å². The molecule has 5 heteroatoms. The van der Waals surface area contributed by atoms with Crippen LogP contribution in [0.5, 0.6) is 0 Å². The standard InChI is InChI=1S/C13H13BrFN3/c1-9(12-5-4-10(15)7-13(12)14)16-8-11-3-2-6-17-18-11/h2-7,9,16H,8H2,1H3. The summed E-state index contributed by atoms with van der Waals surface area (Å²) in [5, 5.41) is 11.1. The largest absolute Gasteiger partial charge is 0.304 e. The summed E-state index contributed by atoms with van der Waals surface area (Å²) in [6.07, 6.45) is 1.64. The fraction of sp³-hybridized carbons (Fsp3) is 0.231. The van der Waals surface area contributed by atoms with E-state index in [9.17, 15) is 4.39 Å². The third-order valence-corrected chi connectivity index (χ3v) is 3.33. The molecule has 94 valence electrons. The molecule has 18 heavy (non-hydrogen) atoms. The number of hydrogen-bond donors (Lipinski definition) is 1. The second kappa shape index (κ2) is 6.02. The summed E-state index contributed by atoms with van der Waals surface area (Å²) < 4.78 is 13.8. The smallest absolute Gasteiger partial charge is 0.124 e. The highest BCUT2D eigenvalue weighted by Crippen LogP contribution is 2.24. The average molecular weight is 310 g/mol. The molecule has 0 aliphatic carbocycles. The van der Waals surface area contributed by atoms with Crippen molar-refractivity contribution in [2.45, 2.75) is 19.5 Å². The van der Waals surface area contributed by atoms with Crippen LogP contribution >= 0.6 is 15.9 Å². The first-order chi connectivity index (χ1) is 8.66. The Morgan fingerprint density at radius 3 is 2.89 bits per heavy atom. The normalized spacial score (nSPS) is 12.4. The Hall–Kier alpha value is -1.33. The third kappa shape index (κ3) is 3.34. The highest BCUT2D eigenvalue weighted by atomic mass is 79.9. The van der Waals surface area contributed by atoms with Crippen molar-refractivity contribution in [2.24, 2.45) is 0 Å². The van der Waals surface area contributed by atoms with Crippen LogP contribution in [0.1, 0.15) is 24.2 Å². The number of benzene rings is 1. The van der Waals surface area contributed by atoms with Crippen molar-refractivity contribution in [3.8, 4) is 0 Å². The lowest BCUT2D eigenvalue weighted by atomic mass is 10.1. The Labute approximate surface area is 114 Å². The Bertz CT molecular complexity index is 519. The monoisotopic (exact) mass is 309 g/mol. The Balaban J connectivity index is 2.01. The second-order valence-corrected chi connectivity index (χ2v) is 4.84. The predicted octanol–water partition coefficient (Wildman–Crippen LogP) is 3.23. The minimum atomic E-state index is -0.244. The van der Waals surface area contributed by atoms with E-state index in [1.54, 1.807) is 12.3 Å². The fourth-order valence-corrected chi connectivity index (χ4v) is 2.34. The molecular weight excluding hydrogens is 297 g/mol. The lowest BCUT2D eigenvalue weighted by Crippen LogP contribution is -2.19. The molecule has 0 bridgehead atoms. The number of nitrogens with zero attached hydrogens (tertiary/aromatic N) is 2. The van der Waals surface area contributed by atoms with Crippen molar-refractivity contribution >= 4 is 15.9 Å². The summed E-state index contributed by atoms with van der Waals surface area (Å²) in [6, 6.07) is 8.56. The van der Waals surface area contributed by atoms with E-state index < -0.39 is 0 Å². The molecule has 1 atom stereocenters. The van der Waals surface area contributed by atoms with Crippen LogP contribution in [0.4, 0.5) is 4.39 Å². The fourth-order valence-electron chi connectivity index (χ4n) is 1.65. The van der Waals surface area contributed by atoms with E-state index in [4.69, 9.17) is 0 Å². The number of halogens is 2. The van der Waals surface area contributed by atoms with E-state index >= 15 is 0 Å². The number of hydrogen-bond acceptors (Lipinski definition) is 3. The van der Waals surface area contributed by atoms with Gasteiger partial charge in [-0.1, -0.05) is 22.0 Å². The summed E-state index contributed by atoms with van der Waals surface area (Å²) in [4.78, 5) is 0. The van der Waals surface area contributed by atoms with Crippen LogP contribution in [-0.4, -0.2) is 10.2 Å². The van der Waals surface area contributed by atoms with Crippen LogP contribution in [0.15, 0.2) is 41.0 Å². The van der Waals surface area contributed by atoms with Crippen LogP contribution < -0.4 is 5.32 Å². The molecule has 0 amide bonds. The van der Waals surface area contributed by atoms with Crippen molar-refractivity contribution in [1.29, 1.82) is 0 Å². The number of nitrogens with one attached hydrogen (secondary N) is 1. The lowest BCUT2D eigenvalue weighted by Gasteiger charge is -2.15. The zero-order valence-electron chi connectivity index (χ0n) is 9.90. The van der Waals surface area contributed by atoms with Gasteiger partial charge >= 0.3 is 0 Å². The summed E-state index contributed by atoms with van der Waals surface area (Å²) in [6.45, 7) is 2.65. The molecule has 0 saturated carbocycles. The molecule has 0 aliphatic heterocycles. The zero-order valence-corrected chi connectivity index (χ0v) is 11.5. The van der Waals surface area contributed by atoms with E-state index in [-0.39, 0.29) is 11.9 Å². The minimum absolute atomic E-state index is 0.0991. The molecule has 0 radical (unpaired) electrons. The lowest BCUT2D eigenvalue weighted by molar-refractivity contribution is 0.559. The van der Waals surface area contributed by atoms with Crippen molar-refractivity contribution in [3.63, 3.8) is 0 Å². The van der Waals surface area contributed by atoms with Crippen LogP contribution in [0.2, 0.25) is 0 Å². The first kappa shape index (κ1) is 13.1. The number of aromatic nitrogens is 2. The van der Waals surface area contributed by atoms with Gasteiger partial charge in [-0.15, -0.1) is 0 Å². The van der Waals surface area contributed by atoms with E-state index in [1.807, 2.05) is 19.1 Å². The van der Waals surface area contributed by atoms with Crippen LogP contribution in [0, 0.1) is 5.82 Å². The highest BCUT2D eigenvalue weighted by molar-refractivity contribution is 9.10. The summed E-state index contributed by atoms with van der Waals surface area (Å²) in [7, 11) is 0. The van der Waals surface area contributed by atoms with E-state index in [2.05, 4.69) is 31.4 Å². The molecule has 1 heterocycles. The Morgan fingerprint density at radius 1 is 1.39 bits per heavy atom. The zero-order chi connectivity index (χ0) is 13.0. The molecule has 3 nitrogen and oxygen atoms in total. The van der Waals surface area contributed by atoms with Gasteiger partial charge in [0, 0.05) is 23.3 Å². The maximum atomic E-state index is 13.0. The van der Waals surface area contributed by atoms with Gasteiger partial charge in [-0.2, -0.15) is 10.2 Å².